The Hall–Kier alpha value is -1.26. The van der Waals surface area contributed by atoms with Gasteiger partial charge in [-0.05, 0) is 51.9 Å². The lowest BCUT2D eigenvalue weighted by atomic mass is 9.77. The van der Waals surface area contributed by atoms with E-state index in [0.717, 1.165) is 19.3 Å². The molecule has 96 valence electrons. The van der Waals surface area contributed by atoms with Crippen LogP contribution >= 0.6 is 0 Å². The molecule has 0 aromatic carbocycles. The number of carbonyl (C=O) groups is 2. The third kappa shape index (κ3) is 2.37. The van der Waals surface area contributed by atoms with Crippen LogP contribution in [0.15, 0.2) is 0 Å². The summed E-state index contributed by atoms with van der Waals surface area (Å²) >= 11 is 0. The number of carbonyl (C=O) groups excluding carboxylic acids is 1. The Labute approximate surface area is 101 Å². The average Bonchev–Trinajstić information content (AvgIpc) is 2.92. The molecule has 0 aliphatic heterocycles. The van der Waals surface area contributed by atoms with E-state index in [9.17, 15) is 9.59 Å². The van der Waals surface area contributed by atoms with E-state index in [4.69, 9.17) is 5.11 Å². The van der Waals surface area contributed by atoms with Crippen molar-refractivity contribution in [3.63, 3.8) is 0 Å². The lowest BCUT2D eigenvalue weighted by Gasteiger charge is -2.39. The number of carboxylic acid groups (broad SMARTS) is 1. The van der Waals surface area contributed by atoms with Gasteiger partial charge < -0.3 is 15.7 Å². The lowest BCUT2D eigenvalue weighted by molar-refractivity contribution is -0.148. The van der Waals surface area contributed by atoms with Gasteiger partial charge in [0.2, 0.25) is 0 Å². The highest BCUT2D eigenvalue weighted by Gasteiger charge is 2.47. The maximum Gasteiger partial charge on any atom is 0.329 e. The Kier molecular flexibility index (Phi) is 2.79. The zero-order valence-corrected chi connectivity index (χ0v) is 10.4. The molecule has 0 radical (unpaired) electrons. The van der Waals surface area contributed by atoms with Gasteiger partial charge in [0.1, 0.15) is 5.54 Å². The van der Waals surface area contributed by atoms with E-state index in [2.05, 4.69) is 10.6 Å². The first-order valence-corrected chi connectivity index (χ1v) is 6.19. The highest BCUT2D eigenvalue weighted by molar-refractivity contribution is 5.87. The fraction of sp³-hybridized carbons (Fsp3) is 0.833. The first-order chi connectivity index (χ1) is 7.86. The van der Waals surface area contributed by atoms with Gasteiger partial charge in [-0.1, -0.05) is 0 Å². The fourth-order valence-electron chi connectivity index (χ4n) is 2.37. The van der Waals surface area contributed by atoms with Crippen molar-refractivity contribution in [2.24, 2.45) is 5.92 Å². The van der Waals surface area contributed by atoms with Gasteiger partial charge in [-0.15, -0.1) is 0 Å². The first kappa shape index (κ1) is 12.2. The molecule has 2 fully saturated rings. The van der Waals surface area contributed by atoms with Crippen molar-refractivity contribution < 1.29 is 14.7 Å². The van der Waals surface area contributed by atoms with Crippen LogP contribution in [-0.4, -0.2) is 28.2 Å². The molecule has 2 rings (SSSR count). The summed E-state index contributed by atoms with van der Waals surface area (Å²) < 4.78 is 0. The fourth-order valence-corrected chi connectivity index (χ4v) is 2.37. The molecule has 0 aromatic heterocycles. The molecule has 0 unspecified atom stereocenters. The summed E-state index contributed by atoms with van der Waals surface area (Å²) in [4.78, 5) is 22.9. The predicted octanol–water partition coefficient (Wildman–Crippen LogP) is 1.48. The van der Waals surface area contributed by atoms with Gasteiger partial charge in [0, 0.05) is 5.54 Å². The molecule has 0 saturated heterocycles. The third-order valence-corrected chi connectivity index (χ3v) is 4.00. The summed E-state index contributed by atoms with van der Waals surface area (Å²) in [7, 11) is 0. The molecule has 0 heterocycles. The van der Waals surface area contributed by atoms with Crippen molar-refractivity contribution in [2.75, 3.05) is 0 Å². The number of nitrogens with one attached hydrogen (secondary N) is 2. The van der Waals surface area contributed by atoms with Crippen LogP contribution in [0.2, 0.25) is 0 Å². The Morgan fingerprint density at radius 1 is 1.29 bits per heavy atom. The van der Waals surface area contributed by atoms with Crippen LogP contribution < -0.4 is 10.6 Å². The molecule has 2 amide bonds. The standard InChI is InChI=1S/C12H20N2O3/c1-11(2,8-4-5-8)13-10(17)14-12(9(15)16)6-3-7-12/h8H,3-7H2,1-2H3,(H,15,16)(H2,13,14,17). The summed E-state index contributed by atoms with van der Waals surface area (Å²) in [6.45, 7) is 3.97. The lowest BCUT2D eigenvalue weighted by Crippen LogP contribution is -2.63. The van der Waals surface area contributed by atoms with Crippen molar-refractivity contribution in [1.82, 2.24) is 10.6 Å². The van der Waals surface area contributed by atoms with E-state index in [1.54, 1.807) is 0 Å². The molecular formula is C12H20N2O3. The van der Waals surface area contributed by atoms with Crippen molar-refractivity contribution in [2.45, 2.75) is 57.0 Å². The number of hydrogen-bond donors (Lipinski definition) is 3. The van der Waals surface area contributed by atoms with Gasteiger partial charge in [-0.25, -0.2) is 9.59 Å². The van der Waals surface area contributed by atoms with Crippen LogP contribution in [0, 0.1) is 5.92 Å². The predicted molar refractivity (Wildman–Crippen MR) is 62.7 cm³/mol. The molecule has 17 heavy (non-hydrogen) atoms. The van der Waals surface area contributed by atoms with Crippen LogP contribution in [0.25, 0.3) is 0 Å². The van der Waals surface area contributed by atoms with Gasteiger partial charge in [0.05, 0.1) is 0 Å². The molecule has 0 spiro atoms. The highest BCUT2D eigenvalue weighted by atomic mass is 16.4. The zero-order chi connectivity index (χ0) is 12.7. The second-order valence-corrected chi connectivity index (χ2v) is 5.82. The van der Waals surface area contributed by atoms with Crippen molar-refractivity contribution >= 4 is 12.0 Å². The van der Waals surface area contributed by atoms with Gasteiger partial charge >= 0.3 is 12.0 Å². The molecular weight excluding hydrogens is 220 g/mol. The summed E-state index contributed by atoms with van der Waals surface area (Å²) in [6.07, 6.45) is 4.19. The van der Waals surface area contributed by atoms with Gasteiger partial charge in [0.15, 0.2) is 0 Å². The molecule has 5 nitrogen and oxygen atoms in total. The Bertz CT molecular complexity index is 344. The van der Waals surface area contributed by atoms with Crippen LogP contribution in [-0.2, 0) is 4.79 Å². The molecule has 0 aromatic rings. The SMILES string of the molecule is CC(C)(NC(=O)NC1(C(=O)O)CCC1)C1CC1. The van der Waals surface area contributed by atoms with E-state index in [1.165, 1.54) is 0 Å². The van der Waals surface area contributed by atoms with Crippen LogP contribution in [0.5, 0.6) is 0 Å². The van der Waals surface area contributed by atoms with E-state index in [1.807, 2.05) is 13.8 Å². The van der Waals surface area contributed by atoms with Crippen LogP contribution in [0.4, 0.5) is 4.79 Å². The minimum Gasteiger partial charge on any atom is -0.480 e. The van der Waals surface area contributed by atoms with Gasteiger partial charge in [-0.3, -0.25) is 0 Å². The molecule has 2 saturated carbocycles. The summed E-state index contributed by atoms with van der Waals surface area (Å²) in [6, 6.07) is -0.357. The van der Waals surface area contributed by atoms with Crippen molar-refractivity contribution in [3.8, 4) is 0 Å². The number of carboxylic acids is 1. The smallest absolute Gasteiger partial charge is 0.329 e. The zero-order valence-electron chi connectivity index (χ0n) is 10.4. The van der Waals surface area contributed by atoms with Gasteiger partial charge in [-0.2, -0.15) is 0 Å². The van der Waals surface area contributed by atoms with Crippen LogP contribution in [0.3, 0.4) is 0 Å². The molecule has 2 aliphatic carbocycles. The summed E-state index contributed by atoms with van der Waals surface area (Å²) in [5.41, 5.74) is -1.27. The van der Waals surface area contributed by atoms with E-state index < -0.39 is 11.5 Å². The number of amides is 2. The monoisotopic (exact) mass is 240 g/mol. The number of aliphatic carboxylic acids is 1. The molecule has 0 atom stereocenters. The number of hydrogen-bond acceptors (Lipinski definition) is 2. The molecule has 0 bridgehead atoms. The van der Waals surface area contributed by atoms with E-state index in [-0.39, 0.29) is 11.6 Å². The molecule has 2 aliphatic rings. The maximum absolute atomic E-state index is 11.8. The van der Waals surface area contributed by atoms with Crippen molar-refractivity contribution in [3.05, 3.63) is 0 Å². The minimum absolute atomic E-state index is 0.243. The first-order valence-electron chi connectivity index (χ1n) is 6.19. The second-order valence-electron chi connectivity index (χ2n) is 5.82. The quantitative estimate of drug-likeness (QED) is 0.696. The normalized spacial score (nSPS) is 22.5. The third-order valence-electron chi connectivity index (χ3n) is 4.00. The minimum atomic E-state index is -1.02. The topological polar surface area (TPSA) is 78.4 Å². The Morgan fingerprint density at radius 3 is 2.24 bits per heavy atom. The maximum atomic E-state index is 11.8. The Morgan fingerprint density at radius 2 is 1.88 bits per heavy atom. The largest absolute Gasteiger partial charge is 0.480 e. The summed E-state index contributed by atoms with van der Waals surface area (Å²) in [5, 5.41) is 14.6. The summed E-state index contributed by atoms with van der Waals surface area (Å²) in [5.74, 6) is -0.404. The second kappa shape index (κ2) is 3.89. The number of urea groups is 1. The molecule has 3 N–H and O–H groups in total. The highest BCUT2D eigenvalue weighted by Crippen LogP contribution is 2.39. The van der Waals surface area contributed by atoms with Crippen LogP contribution in [0.1, 0.15) is 46.0 Å². The molecule has 5 heteroatoms. The van der Waals surface area contributed by atoms with Gasteiger partial charge in [0.25, 0.3) is 0 Å². The number of rotatable bonds is 4. The van der Waals surface area contributed by atoms with E-state index >= 15 is 0 Å². The van der Waals surface area contributed by atoms with Crippen molar-refractivity contribution in [1.29, 1.82) is 0 Å². The van der Waals surface area contributed by atoms with E-state index in [0.29, 0.717) is 18.8 Å². The average molecular weight is 240 g/mol. The Balaban J connectivity index is 1.90.